The van der Waals surface area contributed by atoms with Crippen LogP contribution in [0.25, 0.3) is 0 Å². The van der Waals surface area contributed by atoms with Crippen molar-refractivity contribution in [3.8, 4) is 0 Å². The fourth-order valence-corrected chi connectivity index (χ4v) is 2.57. The summed E-state index contributed by atoms with van der Waals surface area (Å²) < 4.78 is 43.5. The number of hydrogen-bond donors (Lipinski definition) is 3. The van der Waals surface area contributed by atoms with Crippen LogP contribution in [0.2, 0.25) is 0 Å². The molecule has 12 heteroatoms. The molecule has 0 aromatic rings. The van der Waals surface area contributed by atoms with Gasteiger partial charge in [0.2, 0.25) is 0 Å². The second-order valence-electron chi connectivity index (χ2n) is 7.28. The smallest absolute Gasteiger partial charge is 0.444 e. The molecule has 9 nitrogen and oxygen atoms in total. The third kappa shape index (κ3) is 7.89. The van der Waals surface area contributed by atoms with Gasteiger partial charge in [-0.15, -0.1) is 0 Å². The number of halogens is 3. The van der Waals surface area contributed by atoms with Crippen molar-refractivity contribution >= 4 is 17.9 Å². The Morgan fingerprint density at radius 2 is 1.79 bits per heavy atom. The molecule has 0 aliphatic carbocycles. The quantitative estimate of drug-likeness (QED) is 0.438. The zero-order valence-corrected chi connectivity index (χ0v) is 16.3. The van der Waals surface area contributed by atoms with Crippen LogP contribution in [0.1, 0.15) is 33.6 Å². The molecule has 0 radical (unpaired) electrons. The van der Waals surface area contributed by atoms with Gasteiger partial charge in [0.15, 0.2) is 0 Å². The van der Waals surface area contributed by atoms with Crippen LogP contribution in [0, 0.1) is 0 Å². The van der Waals surface area contributed by atoms with Crippen molar-refractivity contribution in [2.24, 2.45) is 0 Å². The van der Waals surface area contributed by atoms with E-state index in [0.717, 1.165) is 0 Å². The fourth-order valence-electron chi connectivity index (χ4n) is 2.57. The number of ether oxygens (including phenoxy) is 1. The third-order valence-electron chi connectivity index (χ3n) is 3.84. The standard InChI is InChI=1S/C16H27F3N4O5/c1-15(2,3)28-14(26)21-7-8-27-22-12(24)11-6-5-10(20-4)9-23(11)13(25)16(17,18)19/h10-11,20H,5-9H2,1-4H3,(H,21,26)(H,22,24)/t10-,11+/m1/s1. The number of carbonyl (C=O) groups excluding carboxylic acids is 3. The highest BCUT2D eigenvalue weighted by Crippen LogP contribution is 2.25. The van der Waals surface area contributed by atoms with Crippen LogP contribution >= 0.6 is 0 Å². The molecular formula is C16H27F3N4O5. The third-order valence-corrected chi connectivity index (χ3v) is 3.84. The van der Waals surface area contributed by atoms with Crippen LogP contribution in [0.4, 0.5) is 18.0 Å². The number of amides is 3. The highest BCUT2D eigenvalue weighted by molar-refractivity contribution is 5.89. The maximum absolute atomic E-state index is 12.8. The monoisotopic (exact) mass is 412 g/mol. The molecule has 1 saturated heterocycles. The number of alkyl halides is 3. The van der Waals surface area contributed by atoms with Gasteiger partial charge in [-0.2, -0.15) is 13.2 Å². The van der Waals surface area contributed by atoms with Crippen LogP contribution in [0.3, 0.4) is 0 Å². The molecule has 0 bridgehead atoms. The molecule has 2 atom stereocenters. The van der Waals surface area contributed by atoms with Crippen molar-refractivity contribution in [1.29, 1.82) is 0 Å². The molecule has 1 aliphatic rings. The minimum Gasteiger partial charge on any atom is -0.444 e. The summed E-state index contributed by atoms with van der Waals surface area (Å²) in [5, 5.41) is 5.20. The van der Waals surface area contributed by atoms with E-state index in [2.05, 4.69) is 10.6 Å². The summed E-state index contributed by atoms with van der Waals surface area (Å²) in [5.41, 5.74) is 1.36. The minimum atomic E-state index is -5.08. The Morgan fingerprint density at radius 1 is 1.14 bits per heavy atom. The largest absolute Gasteiger partial charge is 0.471 e. The van der Waals surface area contributed by atoms with Gasteiger partial charge >= 0.3 is 18.2 Å². The summed E-state index contributed by atoms with van der Waals surface area (Å²) >= 11 is 0. The fraction of sp³-hybridized carbons (Fsp3) is 0.812. The van der Waals surface area contributed by atoms with E-state index in [1.54, 1.807) is 27.8 Å². The van der Waals surface area contributed by atoms with Gasteiger partial charge in [-0.05, 0) is 40.7 Å². The number of likely N-dealkylation sites (N-methyl/N-ethyl adjacent to an activating group) is 1. The Hall–Kier alpha value is -2.08. The lowest BCUT2D eigenvalue weighted by Crippen LogP contribution is -2.59. The molecule has 0 saturated carbocycles. The number of piperidine rings is 1. The summed E-state index contributed by atoms with van der Waals surface area (Å²) in [5.74, 6) is -2.93. The minimum absolute atomic E-state index is 0.00683. The summed E-state index contributed by atoms with van der Waals surface area (Å²) in [6.45, 7) is 4.71. The first kappa shape index (κ1) is 24.0. The summed E-state index contributed by atoms with van der Waals surface area (Å²) in [4.78, 5) is 40.7. The number of nitrogens with zero attached hydrogens (tertiary/aromatic N) is 1. The average Bonchev–Trinajstić information content (AvgIpc) is 2.57. The molecule has 0 aromatic heterocycles. The van der Waals surface area contributed by atoms with Crippen molar-refractivity contribution in [3.05, 3.63) is 0 Å². The first-order chi connectivity index (χ1) is 12.8. The Morgan fingerprint density at radius 3 is 2.32 bits per heavy atom. The molecule has 1 aliphatic heterocycles. The molecule has 1 heterocycles. The molecule has 1 fully saturated rings. The SMILES string of the molecule is CN[C@@H]1CC[C@@H](C(=O)NOCCNC(=O)OC(C)(C)C)N(C(=O)C(F)(F)F)C1. The number of nitrogens with one attached hydrogen (secondary N) is 3. The van der Waals surface area contributed by atoms with Crippen molar-refractivity contribution < 1.29 is 37.1 Å². The number of carbonyl (C=O) groups is 3. The molecule has 162 valence electrons. The number of rotatable bonds is 6. The maximum Gasteiger partial charge on any atom is 0.471 e. The van der Waals surface area contributed by atoms with E-state index < -0.39 is 35.7 Å². The lowest BCUT2D eigenvalue weighted by molar-refractivity contribution is -0.191. The zero-order chi connectivity index (χ0) is 21.5. The Kier molecular flexibility index (Phi) is 8.48. The molecule has 0 spiro atoms. The Labute approximate surface area is 161 Å². The van der Waals surface area contributed by atoms with Crippen LogP contribution < -0.4 is 16.1 Å². The highest BCUT2D eigenvalue weighted by Gasteiger charge is 2.48. The zero-order valence-electron chi connectivity index (χ0n) is 16.3. The summed E-state index contributed by atoms with van der Waals surface area (Å²) in [6, 6.07) is -1.63. The van der Waals surface area contributed by atoms with Gasteiger partial charge in [0.25, 0.3) is 5.91 Å². The number of alkyl carbamates (subject to hydrolysis) is 1. The van der Waals surface area contributed by atoms with Gasteiger partial charge < -0.3 is 20.3 Å². The molecule has 1 rings (SSSR count). The van der Waals surface area contributed by atoms with Crippen molar-refractivity contribution in [2.75, 3.05) is 26.7 Å². The van der Waals surface area contributed by atoms with E-state index in [1.165, 1.54) is 0 Å². The van der Waals surface area contributed by atoms with E-state index in [0.29, 0.717) is 11.3 Å². The Balaban J connectivity index is 2.50. The van der Waals surface area contributed by atoms with Gasteiger partial charge in [0.1, 0.15) is 11.6 Å². The molecular weight excluding hydrogens is 385 g/mol. The van der Waals surface area contributed by atoms with Crippen LogP contribution in [0.5, 0.6) is 0 Å². The molecule has 3 amide bonds. The summed E-state index contributed by atoms with van der Waals surface area (Å²) in [7, 11) is 1.57. The number of hydroxylamine groups is 1. The first-order valence-corrected chi connectivity index (χ1v) is 8.78. The van der Waals surface area contributed by atoms with E-state index in [1.807, 2.05) is 5.48 Å². The summed E-state index contributed by atoms with van der Waals surface area (Å²) in [6.07, 6.45) is -5.27. The normalized spacial score (nSPS) is 20.5. The predicted octanol–water partition coefficient (Wildman–Crippen LogP) is 0.700. The van der Waals surface area contributed by atoms with Gasteiger partial charge in [0.05, 0.1) is 6.61 Å². The predicted molar refractivity (Wildman–Crippen MR) is 92.0 cm³/mol. The van der Waals surface area contributed by atoms with Crippen LogP contribution in [-0.2, 0) is 19.2 Å². The first-order valence-electron chi connectivity index (χ1n) is 8.78. The topological polar surface area (TPSA) is 109 Å². The van der Waals surface area contributed by atoms with Crippen LogP contribution in [-0.4, -0.2) is 73.4 Å². The van der Waals surface area contributed by atoms with Gasteiger partial charge in [0, 0.05) is 19.1 Å². The van der Waals surface area contributed by atoms with Crippen molar-refractivity contribution in [1.82, 2.24) is 21.0 Å². The lowest BCUT2D eigenvalue weighted by Gasteiger charge is -2.38. The van der Waals surface area contributed by atoms with Crippen molar-refractivity contribution in [2.45, 2.75) is 57.5 Å². The van der Waals surface area contributed by atoms with E-state index in [4.69, 9.17) is 9.57 Å². The number of hydrogen-bond acceptors (Lipinski definition) is 6. The second-order valence-corrected chi connectivity index (χ2v) is 7.28. The van der Waals surface area contributed by atoms with Crippen molar-refractivity contribution in [3.63, 3.8) is 0 Å². The highest BCUT2D eigenvalue weighted by atomic mass is 19.4. The molecule has 0 aromatic carbocycles. The van der Waals surface area contributed by atoms with Gasteiger partial charge in [-0.1, -0.05) is 0 Å². The van der Waals surface area contributed by atoms with E-state index in [9.17, 15) is 27.6 Å². The molecule has 0 unspecified atom stereocenters. The van der Waals surface area contributed by atoms with Gasteiger partial charge in [-0.3, -0.25) is 14.4 Å². The lowest BCUT2D eigenvalue weighted by atomic mass is 9.97. The average molecular weight is 412 g/mol. The van der Waals surface area contributed by atoms with Crippen LogP contribution in [0.15, 0.2) is 0 Å². The van der Waals surface area contributed by atoms with Gasteiger partial charge in [-0.25, -0.2) is 10.3 Å². The second kappa shape index (κ2) is 9.92. The molecule has 3 N–H and O–H groups in total. The van der Waals surface area contributed by atoms with E-state index in [-0.39, 0.29) is 32.2 Å². The maximum atomic E-state index is 12.8. The molecule has 28 heavy (non-hydrogen) atoms. The van der Waals surface area contributed by atoms with E-state index >= 15 is 0 Å². The number of likely N-dealkylation sites (tertiary alicyclic amines) is 1. The Bertz CT molecular complexity index is 565.